The number of nitriles is 3. The highest BCUT2D eigenvalue weighted by atomic mass is 19.4. The van der Waals surface area contributed by atoms with Crippen LogP contribution in [0.1, 0.15) is 85.1 Å². The van der Waals surface area contributed by atoms with Gasteiger partial charge in [-0.2, -0.15) is 29.0 Å². The third kappa shape index (κ3) is 8.89. The van der Waals surface area contributed by atoms with E-state index in [-0.39, 0.29) is 5.41 Å². The molecule has 1 aliphatic heterocycles. The predicted octanol–water partition coefficient (Wildman–Crippen LogP) is 9.74. The fraction of sp³-hybridized carbons (Fsp3) is 0.500. The molecule has 0 amide bonds. The number of rotatable bonds is 13. The maximum Gasteiger partial charge on any atom is 0.432 e. The second kappa shape index (κ2) is 15.9. The van der Waals surface area contributed by atoms with Crippen LogP contribution in [-0.2, 0) is 11.2 Å². The first kappa shape index (κ1) is 37.0. The summed E-state index contributed by atoms with van der Waals surface area (Å²) < 4.78 is 53.5. The molecule has 9 heteroatoms. The molecule has 47 heavy (non-hydrogen) atoms. The number of anilines is 1. The first-order valence-electron chi connectivity index (χ1n) is 16.2. The van der Waals surface area contributed by atoms with E-state index in [1.165, 1.54) is 35.6 Å². The first-order chi connectivity index (χ1) is 22.3. The highest BCUT2D eigenvalue weighted by Gasteiger charge is 2.60. The van der Waals surface area contributed by atoms with Crippen molar-refractivity contribution in [2.45, 2.75) is 97.8 Å². The largest absolute Gasteiger partial charge is 0.496 e. The van der Waals surface area contributed by atoms with Gasteiger partial charge in [-0.15, -0.1) is 0 Å². The summed E-state index contributed by atoms with van der Waals surface area (Å²) >= 11 is 0. The molecule has 250 valence electrons. The molecule has 1 unspecified atom stereocenters. The van der Waals surface area contributed by atoms with Gasteiger partial charge in [0.25, 0.3) is 0 Å². The van der Waals surface area contributed by atoms with Crippen LogP contribution in [0.4, 0.5) is 18.9 Å². The van der Waals surface area contributed by atoms with E-state index in [1.807, 2.05) is 0 Å². The van der Waals surface area contributed by atoms with Crippen molar-refractivity contribution in [1.29, 1.82) is 15.8 Å². The van der Waals surface area contributed by atoms with Gasteiger partial charge in [0.05, 0.1) is 7.11 Å². The number of allylic oxidation sites excluding steroid dienone is 7. The smallest absolute Gasteiger partial charge is 0.432 e. The molecule has 3 rings (SSSR count). The van der Waals surface area contributed by atoms with Crippen LogP contribution in [0.5, 0.6) is 5.75 Å². The van der Waals surface area contributed by atoms with E-state index in [4.69, 9.17) is 9.47 Å². The highest BCUT2D eigenvalue weighted by Crippen LogP contribution is 2.49. The molecule has 1 aliphatic carbocycles. The third-order valence-corrected chi connectivity index (χ3v) is 8.69. The number of ether oxygens (including phenoxy) is 2. The van der Waals surface area contributed by atoms with Gasteiger partial charge in [0, 0.05) is 30.4 Å². The lowest BCUT2D eigenvalue weighted by Gasteiger charge is -2.31. The molecule has 0 spiro atoms. The number of unbranched alkanes of at least 4 members (excludes halogenated alkanes) is 2. The molecular formula is C38H45F3N4O2. The molecule has 1 atom stereocenters. The summed E-state index contributed by atoms with van der Waals surface area (Å²) in [5, 5.41) is 28.2. The van der Waals surface area contributed by atoms with Crippen molar-refractivity contribution in [2.75, 3.05) is 25.1 Å². The average molecular weight is 647 g/mol. The number of hydrogen-bond acceptors (Lipinski definition) is 6. The average Bonchev–Trinajstić information content (AvgIpc) is 3.32. The molecule has 0 aromatic heterocycles. The predicted molar refractivity (Wildman–Crippen MR) is 178 cm³/mol. The Morgan fingerprint density at radius 3 is 2.23 bits per heavy atom. The van der Waals surface area contributed by atoms with Crippen molar-refractivity contribution in [2.24, 2.45) is 5.41 Å². The fourth-order valence-electron chi connectivity index (χ4n) is 6.17. The highest BCUT2D eigenvalue weighted by molar-refractivity contribution is 5.61. The molecule has 6 nitrogen and oxygen atoms in total. The van der Waals surface area contributed by atoms with E-state index in [1.54, 1.807) is 19.3 Å². The van der Waals surface area contributed by atoms with Crippen LogP contribution in [0.3, 0.4) is 0 Å². The number of nitrogens with zero attached hydrogens (tertiary/aromatic N) is 4. The minimum atomic E-state index is -4.90. The zero-order valence-electron chi connectivity index (χ0n) is 28.4. The molecule has 0 N–H and O–H groups in total. The van der Waals surface area contributed by atoms with Gasteiger partial charge >= 0.3 is 6.18 Å². The molecular weight excluding hydrogens is 601 g/mol. The van der Waals surface area contributed by atoms with E-state index >= 15 is 0 Å². The Bertz CT molecular complexity index is 1570. The van der Waals surface area contributed by atoms with Gasteiger partial charge in [-0.25, -0.2) is 0 Å². The number of alkyl halides is 3. The van der Waals surface area contributed by atoms with Gasteiger partial charge in [-0.1, -0.05) is 76.5 Å². The Labute approximate surface area is 277 Å². The van der Waals surface area contributed by atoms with Crippen molar-refractivity contribution >= 4 is 5.69 Å². The number of benzene rings is 1. The standard InChI is InChI=1S/C38H45F3N4O2/c1-7-9-18-45(19-10-8-2)31-17-16-29(34(21-31)46-6)15-14-28-20-27(22-36(3,4)23-28)12-11-13-33-32(26-44)35(30(24-42)25-43)47-37(33,5)38(39,40)41/h11-13,16-17,20-21H,7-10,14-15,18-19,22-23H2,1-6H3/b13-11+,27-12-. The zero-order chi connectivity index (χ0) is 34.8. The summed E-state index contributed by atoms with van der Waals surface area (Å²) in [6.07, 6.45) is 9.39. The summed E-state index contributed by atoms with van der Waals surface area (Å²) in [5.74, 6) is 0.219. The molecule has 2 aliphatic rings. The van der Waals surface area contributed by atoms with Gasteiger partial charge in [-0.3, -0.25) is 0 Å². The Morgan fingerprint density at radius 2 is 1.68 bits per heavy atom. The topological polar surface area (TPSA) is 93.1 Å². The summed E-state index contributed by atoms with van der Waals surface area (Å²) in [6.45, 7) is 11.6. The number of methoxy groups -OCH3 is 1. The Kier molecular flexibility index (Phi) is 12.5. The molecule has 1 aromatic carbocycles. The van der Waals surface area contributed by atoms with Gasteiger partial charge < -0.3 is 14.4 Å². The van der Waals surface area contributed by atoms with Crippen molar-refractivity contribution in [3.05, 3.63) is 81.7 Å². The van der Waals surface area contributed by atoms with Crippen molar-refractivity contribution < 1.29 is 22.6 Å². The van der Waals surface area contributed by atoms with Crippen LogP contribution < -0.4 is 9.64 Å². The molecule has 0 saturated heterocycles. The summed E-state index contributed by atoms with van der Waals surface area (Å²) in [6, 6.07) is 11.2. The van der Waals surface area contributed by atoms with Gasteiger partial charge in [0.15, 0.2) is 11.3 Å². The minimum absolute atomic E-state index is 0.0603. The summed E-state index contributed by atoms with van der Waals surface area (Å²) in [7, 11) is 1.70. The van der Waals surface area contributed by atoms with E-state index in [0.717, 1.165) is 88.3 Å². The second-order valence-electron chi connectivity index (χ2n) is 13.1. The minimum Gasteiger partial charge on any atom is -0.496 e. The molecule has 1 aromatic rings. The SMILES string of the molecule is CCCCN(CCCC)c1ccc(CCC2=C/C(=C/C=C/C3=C(C#N)C(=C(C#N)C#N)OC3(C)C(F)(F)F)CC(C)(C)C2)c(OC)c1. The molecule has 0 saturated carbocycles. The zero-order valence-corrected chi connectivity index (χ0v) is 28.4. The van der Waals surface area contributed by atoms with Gasteiger partial charge in [-0.05, 0) is 68.1 Å². The summed E-state index contributed by atoms with van der Waals surface area (Å²) in [5.41, 5.74) is -0.0629. The fourth-order valence-corrected chi connectivity index (χ4v) is 6.17. The molecule has 0 bridgehead atoms. The number of aryl methyl sites for hydroxylation is 1. The maximum atomic E-state index is 14.2. The van der Waals surface area contributed by atoms with Crippen LogP contribution in [0.25, 0.3) is 0 Å². The van der Waals surface area contributed by atoms with E-state index in [0.29, 0.717) is 0 Å². The lowest BCUT2D eigenvalue weighted by atomic mass is 9.74. The molecule has 1 heterocycles. The van der Waals surface area contributed by atoms with E-state index < -0.39 is 34.3 Å². The van der Waals surface area contributed by atoms with Crippen LogP contribution in [0, 0.1) is 39.4 Å². The Hall–Kier alpha value is -4.42. The first-order valence-corrected chi connectivity index (χ1v) is 16.2. The van der Waals surface area contributed by atoms with Crippen LogP contribution in [0.15, 0.2) is 76.1 Å². The van der Waals surface area contributed by atoms with Gasteiger partial charge in [0.1, 0.15) is 29.5 Å². The van der Waals surface area contributed by atoms with Crippen molar-refractivity contribution in [1.82, 2.24) is 0 Å². The van der Waals surface area contributed by atoms with Crippen LogP contribution in [-0.4, -0.2) is 32.0 Å². The lowest BCUT2D eigenvalue weighted by molar-refractivity contribution is -0.236. The Morgan fingerprint density at radius 1 is 1.02 bits per heavy atom. The van der Waals surface area contributed by atoms with Gasteiger partial charge in [0.2, 0.25) is 5.60 Å². The summed E-state index contributed by atoms with van der Waals surface area (Å²) in [4.78, 5) is 2.43. The van der Waals surface area contributed by atoms with E-state index in [9.17, 15) is 29.0 Å². The molecule has 0 radical (unpaired) electrons. The van der Waals surface area contributed by atoms with E-state index in [2.05, 4.69) is 56.9 Å². The third-order valence-electron chi connectivity index (χ3n) is 8.69. The number of hydrogen-bond donors (Lipinski definition) is 0. The van der Waals surface area contributed by atoms with Crippen LogP contribution >= 0.6 is 0 Å². The van der Waals surface area contributed by atoms with Crippen molar-refractivity contribution in [3.8, 4) is 24.0 Å². The monoisotopic (exact) mass is 646 g/mol. The lowest BCUT2D eigenvalue weighted by Crippen LogP contribution is -2.43. The normalized spacial score (nSPS) is 20.0. The number of halogens is 3. The quantitative estimate of drug-likeness (QED) is 0.198. The van der Waals surface area contributed by atoms with Crippen molar-refractivity contribution in [3.63, 3.8) is 0 Å². The molecule has 0 fully saturated rings. The maximum absolute atomic E-state index is 14.2. The van der Waals surface area contributed by atoms with Crippen LogP contribution in [0.2, 0.25) is 0 Å². The second-order valence-corrected chi connectivity index (χ2v) is 13.1. The Balaban J connectivity index is 1.89.